The van der Waals surface area contributed by atoms with E-state index >= 15 is 0 Å². The number of carbonyl (C=O) groups is 2. The Morgan fingerprint density at radius 1 is 1.15 bits per heavy atom. The molecule has 144 valence electrons. The molecular formula is C19H19ClF2N2O2S. The van der Waals surface area contributed by atoms with Crippen molar-refractivity contribution in [2.24, 2.45) is 0 Å². The van der Waals surface area contributed by atoms with Crippen molar-refractivity contribution in [2.75, 3.05) is 24.2 Å². The average Bonchev–Trinajstić information content (AvgIpc) is 2.63. The minimum atomic E-state index is -0.962. The molecule has 0 atom stereocenters. The van der Waals surface area contributed by atoms with Crippen molar-refractivity contribution >= 4 is 40.9 Å². The highest BCUT2D eigenvalue weighted by atomic mass is 35.5. The molecule has 0 saturated carbocycles. The Morgan fingerprint density at radius 3 is 2.56 bits per heavy atom. The molecule has 0 fully saturated rings. The molecule has 2 amide bonds. The molecule has 0 radical (unpaired) electrons. The number of anilines is 1. The zero-order valence-corrected chi connectivity index (χ0v) is 16.5. The molecule has 2 rings (SSSR count). The second kappa shape index (κ2) is 9.71. The third-order valence-corrected chi connectivity index (χ3v) is 5.01. The van der Waals surface area contributed by atoms with Crippen LogP contribution in [0.4, 0.5) is 14.5 Å². The standard InChI is InChI=1S/C19H19ClF2N2O2S/c1-3-24(10-18(25)23-17-8-13(20)5-4-12(17)2)19(26)11-27-14-6-7-15(21)16(22)9-14/h4-9H,3,10-11H2,1-2H3,(H,23,25). The summed E-state index contributed by atoms with van der Waals surface area (Å²) in [5.74, 6) is -2.49. The average molecular weight is 413 g/mol. The summed E-state index contributed by atoms with van der Waals surface area (Å²) >= 11 is 7.02. The largest absolute Gasteiger partial charge is 0.333 e. The van der Waals surface area contributed by atoms with Crippen LogP contribution < -0.4 is 5.32 Å². The van der Waals surface area contributed by atoms with Crippen LogP contribution in [0.2, 0.25) is 5.02 Å². The van der Waals surface area contributed by atoms with Crippen molar-refractivity contribution in [1.82, 2.24) is 4.90 Å². The molecule has 0 unspecified atom stereocenters. The molecule has 0 aliphatic heterocycles. The molecular weight excluding hydrogens is 394 g/mol. The Morgan fingerprint density at radius 2 is 1.89 bits per heavy atom. The lowest BCUT2D eigenvalue weighted by Gasteiger charge is -2.20. The van der Waals surface area contributed by atoms with Crippen LogP contribution in [0, 0.1) is 18.6 Å². The summed E-state index contributed by atoms with van der Waals surface area (Å²) in [7, 11) is 0. The molecule has 8 heteroatoms. The molecule has 1 N–H and O–H groups in total. The number of thioether (sulfide) groups is 1. The van der Waals surface area contributed by atoms with Gasteiger partial charge in [0.15, 0.2) is 11.6 Å². The van der Waals surface area contributed by atoms with Crippen molar-refractivity contribution in [3.8, 4) is 0 Å². The number of halogens is 3. The van der Waals surface area contributed by atoms with Gasteiger partial charge in [0, 0.05) is 22.2 Å². The molecule has 27 heavy (non-hydrogen) atoms. The first-order chi connectivity index (χ1) is 12.8. The van der Waals surface area contributed by atoms with Gasteiger partial charge in [0.1, 0.15) is 0 Å². The maximum Gasteiger partial charge on any atom is 0.244 e. The van der Waals surface area contributed by atoms with Gasteiger partial charge in [-0.05, 0) is 49.7 Å². The first-order valence-corrected chi connectivity index (χ1v) is 9.58. The third kappa shape index (κ3) is 6.22. The van der Waals surface area contributed by atoms with E-state index in [9.17, 15) is 18.4 Å². The highest BCUT2D eigenvalue weighted by Crippen LogP contribution is 2.22. The summed E-state index contributed by atoms with van der Waals surface area (Å²) in [5.41, 5.74) is 1.45. The maximum absolute atomic E-state index is 13.2. The number of nitrogens with one attached hydrogen (secondary N) is 1. The fourth-order valence-corrected chi connectivity index (χ4v) is 3.27. The minimum Gasteiger partial charge on any atom is -0.333 e. The first kappa shape index (κ1) is 21.2. The van der Waals surface area contributed by atoms with Crippen LogP contribution in [0.1, 0.15) is 12.5 Å². The van der Waals surface area contributed by atoms with E-state index in [-0.39, 0.29) is 24.1 Å². The topological polar surface area (TPSA) is 49.4 Å². The van der Waals surface area contributed by atoms with E-state index in [1.54, 1.807) is 25.1 Å². The summed E-state index contributed by atoms with van der Waals surface area (Å²) in [6.45, 7) is 3.84. The van der Waals surface area contributed by atoms with Crippen LogP contribution in [0.5, 0.6) is 0 Å². The molecule has 0 heterocycles. The smallest absolute Gasteiger partial charge is 0.244 e. The van der Waals surface area contributed by atoms with Crippen molar-refractivity contribution < 1.29 is 18.4 Å². The van der Waals surface area contributed by atoms with Gasteiger partial charge < -0.3 is 10.2 Å². The predicted molar refractivity (Wildman–Crippen MR) is 104 cm³/mol. The Labute approximate surface area is 165 Å². The Hall–Kier alpha value is -2.12. The maximum atomic E-state index is 13.2. The SMILES string of the molecule is CCN(CC(=O)Nc1cc(Cl)ccc1C)C(=O)CSc1ccc(F)c(F)c1. The van der Waals surface area contributed by atoms with Crippen LogP contribution in [0.25, 0.3) is 0 Å². The molecule has 0 aliphatic carbocycles. The van der Waals surface area contributed by atoms with Crippen LogP contribution in [0.15, 0.2) is 41.3 Å². The lowest BCUT2D eigenvalue weighted by Crippen LogP contribution is -2.38. The normalized spacial score (nSPS) is 10.6. The lowest BCUT2D eigenvalue weighted by atomic mass is 10.2. The molecule has 2 aromatic rings. The van der Waals surface area contributed by atoms with Gasteiger partial charge in [-0.3, -0.25) is 9.59 Å². The number of aryl methyl sites for hydroxylation is 1. The van der Waals surface area contributed by atoms with Crippen molar-refractivity contribution in [3.05, 3.63) is 58.6 Å². The van der Waals surface area contributed by atoms with Gasteiger partial charge in [-0.1, -0.05) is 17.7 Å². The summed E-state index contributed by atoms with van der Waals surface area (Å²) < 4.78 is 26.2. The van der Waals surface area contributed by atoms with Gasteiger partial charge >= 0.3 is 0 Å². The van der Waals surface area contributed by atoms with E-state index in [1.165, 1.54) is 11.0 Å². The number of rotatable bonds is 7. The summed E-state index contributed by atoms with van der Waals surface area (Å²) in [6.07, 6.45) is 0. The van der Waals surface area contributed by atoms with Crippen molar-refractivity contribution in [2.45, 2.75) is 18.7 Å². The zero-order valence-electron chi connectivity index (χ0n) is 14.9. The van der Waals surface area contributed by atoms with Gasteiger partial charge in [-0.25, -0.2) is 8.78 Å². The van der Waals surface area contributed by atoms with Crippen LogP contribution in [0.3, 0.4) is 0 Å². The van der Waals surface area contributed by atoms with E-state index in [0.29, 0.717) is 22.2 Å². The van der Waals surface area contributed by atoms with E-state index in [4.69, 9.17) is 11.6 Å². The van der Waals surface area contributed by atoms with Gasteiger partial charge in [-0.15, -0.1) is 11.8 Å². The Bertz CT molecular complexity index is 848. The number of hydrogen-bond acceptors (Lipinski definition) is 3. The van der Waals surface area contributed by atoms with E-state index in [2.05, 4.69) is 5.32 Å². The second-order valence-electron chi connectivity index (χ2n) is 5.78. The number of hydrogen-bond donors (Lipinski definition) is 1. The Kier molecular flexibility index (Phi) is 7.62. The number of likely N-dealkylation sites (N-methyl/N-ethyl adjacent to an activating group) is 1. The summed E-state index contributed by atoms with van der Waals surface area (Å²) in [5, 5.41) is 3.24. The molecule has 0 aliphatic rings. The molecule has 0 bridgehead atoms. The molecule has 0 spiro atoms. The molecule has 0 saturated heterocycles. The summed E-state index contributed by atoms with van der Waals surface area (Å²) in [4.78, 5) is 26.4. The van der Waals surface area contributed by atoms with Gasteiger partial charge in [-0.2, -0.15) is 0 Å². The van der Waals surface area contributed by atoms with Crippen molar-refractivity contribution in [1.29, 1.82) is 0 Å². The highest BCUT2D eigenvalue weighted by Gasteiger charge is 2.17. The van der Waals surface area contributed by atoms with Gasteiger partial charge in [0.25, 0.3) is 0 Å². The molecule has 2 aromatic carbocycles. The zero-order chi connectivity index (χ0) is 20.0. The number of amides is 2. The fourth-order valence-electron chi connectivity index (χ4n) is 2.27. The summed E-state index contributed by atoms with van der Waals surface area (Å²) in [6, 6.07) is 8.62. The fraction of sp³-hybridized carbons (Fsp3) is 0.263. The van der Waals surface area contributed by atoms with E-state index < -0.39 is 11.6 Å². The molecule has 0 aromatic heterocycles. The number of benzene rings is 2. The van der Waals surface area contributed by atoms with Gasteiger partial charge in [0.2, 0.25) is 11.8 Å². The highest BCUT2D eigenvalue weighted by molar-refractivity contribution is 8.00. The van der Waals surface area contributed by atoms with Crippen LogP contribution in [-0.4, -0.2) is 35.6 Å². The number of carbonyl (C=O) groups excluding carboxylic acids is 2. The van der Waals surface area contributed by atoms with E-state index in [1.807, 2.05) is 6.92 Å². The molecule has 4 nitrogen and oxygen atoms in total. The third-order valence-electron chi connectivity index (χ3n) is 3.80. The van der Waals surface area contributed by atoms with Crippen LogP contribution >= 0.6 is 23.4 Å². The van der Waals surface area contributed by atoms with Gasteiger partial charge in [0.05, 0.1) is 12.3 Å². The second-order valence-corrected chi connectivity index (χ2v) is 7.27. The van der Waals surface area contributed by atoms with E-state index in [0.717, 1.165) is 29.5 Å². The first-order valence-electron chi connectivity index (χ1n) is 8.21. The predicted octanol–water partition coefficient (Wildman–Crippen LogP) is 4.51. The minimum absolute atomic E-state index is 0.0163. The quantitative estimate of drug-likeness (QED) is 0.681. The Balaban J connectivity index is 1.92. The lowest BCUT2D eigenvalue weighted by molar-refractivity contribution is -0.132. The monoisotopic (exact) mass is 412 g/mol. The number of nitrogens with zero attached hydrogens (tertiary/aromatic N) is 1. The van der Waals surface area contributed by atoms with Crippen LogP contribution in [-0.2, 0) is 9.59 Å². The van der Waals surface area contributed by atoms with Crippen molar-refractivity contribution in [3.63, 3.8) is 0 Å².